The van der Waals surface area contributed by atoms with E-state index in [9.17, 15) is 0 Å². The number of imidazole rings is 1. The van der Waals surface area contributed by atoms with Crippen molar-refractivity contribution in [1.82, 2.24) is 9.55 Å². The highest BCUT2D eigenvalue weighted by atomic mass is 32.1. The van der Waals surface area contributed by atoms with Gasteiger partial charge in [-0.3, -0.25) is 0 Å². The fourth-order valence-electron chi connectivity index (χ4n) is 2.03. The van der Waals surface area contributed by atoms with Crippen LogP contribution in [0.2, 0.25) is 0 Å². The molecule has 1 N–H and O–H groups in total. The second-order valence-corrected chi connectivity index (χ2v) is 4.04. The highest BCUT2D eigenvalue weighted by Crippen LogP contribution is 2.23. The van der Waals surface area contributed by atoms with Crippen LogP contribution >= 0.6 is 12.2 Å². The summed E-state index contributed by atoms with van der Waals surface area (Å²) in [5.74, 6) is 0. The third-order valence-electron chi connectivity index (χ3n) is 2.81. The molecule has 3 nitrogen and oxygen atoms in total. The third-order valence-corrected chi connectivity index (χ3v) is 3.12. The normalized spacial score (nSPS) is 18.6. The van der Waals surface area contributed by atoms with Crippen LogP contribution in [-0.2, 0) is 11.2 Å². The van der Waals surface area contributed by atoms with E-state index in [1.54, 1.807) is 0 Å². The highest BCUT2D eigenvalue weighted by molar-refractivity contribution is 7.71. The summed E-state index contributed by atoms with van der Waals surface area (Å²) in [7, 11) is 0. The first kappa shape index (κ1) is 9.93. The van der Waals surface area contributed by atoms with Crippen molar-refractivity contribution in [2.24, 2.45) is 0 Å². The van der Waals surface area contributed by atoms with Crippen molar-refractivity contribution in [3.05, 3.63) is 16.7 Å². The monoisotopic (exact) mass is 212 g/mol. The van der Waals surface area contributed by atoms with Crippen LogP contribution in [0.25, 0.3) is 0 Å². The minimum absolute atomic E-state index is 0.539. The minimum atomic E-state index is 0.539. The van der Waals surface area contributed by atoms with Crippen LogP contribution in [0, 0.1) is 4.77 Å². The summed E-state index contributed by atoms with van der Waals surface area (Å²) in [6, 6.07) is 0.539. The molecule has 0 spiro atoms. The second kappa shape index (κ2) is 4.28. The second-order valence-electron chi connectivity index (χ2n) is 3.65. The van der Waals surface area contributed by atoms with Crippen molar-refractivity contribution >= 4 is 12.2 Å². The molecule has 0 bridgehead atoms. The predicted molar refractivity (Wildman–Crippen MR) is 58.1 cm³/mol. The molecular formula is C10H16N2OS. The van der Waals surface area contributed by atoms with Crippen molar-refractivity contribution in [3.63, 3.8) is 0 Å². The molecule has 0 atom stereocenters. The molecular weight excluding hydrogens is 196 g/mol. The van der Waals surface area contributed by atoms with Gasteiger partial charge in [-0.1, -0.05) is 6.92 Å². The van der Waals surface area contributed by atoms with Crippen molar-refractivity contribution in [2.45, 2.75) is 32.2 Å². The third kappa shape index (κ3) is 1.77. The molecule has 0 amide bonds. The average molecular weight is 212 g/mol. The number of nitrogens with one attached hydrogen (secondary N) is 1. The van der Waals surface area contributed by atoms with Crippen LogP contribution in [0.4, 0.5) is 0 Å². The summed E-state index contributed by atoms with van der Waals surface area (Å²) in [4.78, 5) is 3.12. The Kier molecular flexibility index (Phi) is 3.03. The first-order chi connectivity index (χ1) is 6.83. The summed E-state index contributed by atoms with van der Waals surface area (Å²) in [6.45, 7) is 3.88. The van der Waals surface area contributed by atoms with E-state index in [1.807, 2.05) is 6.20 Å². The zero-order valence-corrected chi connectivity index (χ0v) is 9.27. The molecule has 2 rings (SSSR count). The quantitative estimate of drug-likeness (QED) is 0.763. The first-order valence-corrected chi connectivity index (χ1v) is 5.60. The Hall–Kier alpha value is -0.610. The smallest absolute Gasteiger partial charge is 0.177 e. The maximum atomic E-state index is 5.35. The van der Waals surface area contributed by atoms with Crippen LogP contribution in [0.15, 0.2) is 6.20 Å². The van der Waals surface area contributed by atoms with Gasteiger partial charge in [0.1, 0.15) is 0 Å². The summed E-state index contributed by atoms with van der Waals surface area (Å²) in [6.07, 6.45) is 5.22. The minimum Gasteiger partial charge on any atom is -0.381 e. The largest absolute Gasteiger partial charge is 0.381 e. The molecule has 1 saturated heterocycles. The van der Waals surface area contributed by atoms with E-state index in [0.717, 1.165) is 37.2 Å². The summed E-state index contributed by atoms with van der Waals surface area (Å²) in [5.41, 5.74) is 1.31. The lowest BCUT2D eigenvalue weighted by Crippen LogP contribution is -2.21. The summed E-state index contributed by atoms with van der Waals surface area (Å²) < 4.78 is 8.47. The summed E-state index contributed by atoms with van der Waals surface area (Å²) in [5, 5.41) is 0. The molecule has 14 heavy (non-hydrogen) atoms. The van der Waals surface area contributed by atoms with Gasteiger partial charge in [0.25, 0.3) is 0 Å². The van der Waals surface area contributed by atoms with Crippen molar-refractivity contribution in [1.29, 1.82) is 0 Å². The Bertz CT molecular complexity index is 349. The van der Waals surface area contributed by atoms with Crippen LogP contribution in [-0.4, -0.2) is 22.8 Å². The molecule has 1 aromatic heterocycles. The number of H-pyrrole nitrogens is 1. The van der Waals surface area contributed by atoms with Crippen LogP contribution in [0.1, 0.15) is 31.5 Å². The Labute approximate surface area is 89.1 Å². The van der Waals surface area contributed by atoms with E-state index in [1.165, 1.54) is 5.69 Å². The Morgan fingerprint density at radius 3 is 2.93 bits per heavy atom. The lowest BCUT2D eigenvalue weighted by atomic mass is 10.1. The van der Waals surface area contributed by atoms with Crippen LogP contribution in [0.3, 0.4) is 0 Å². The average Bonchev–Trinajstić information content (AvgIpc) is 2.61. The molecule has 0 aliphatic carbocycles. The van der Waals surface area contributed by atoms with E-state index in [2.05, 4.69) is 16.5 Å². The molecule has 0 unspecified atom stereocenters. The fourth-order valence-corrected chi connectivity index (χ4v) is 2.36. The van der Waals surface area contributed by atoms with Gasteiger partial charge in [0.05, 0.1) is 0 Å². The van der Waals surface area contributed by atoms with E-state index < -0.39 is 0 Å². The molecule has 2 heterocycles. The van der Waals surface area contributed by atoms with Gasteiger partial charge in [0, 0.05) is 31.1 Å². The molecule has 1 fully saturated rings. The number of nitrogens with zero attached hydrogens (tertiary/aromatic N) is 1. The van der Waals surface area contributed by atoms with E-state index in [0.29, 0.717) is 6.04 Å². The Balaban J connectivity index is 2.28. The zero-order chi connectivity index (χ0) is 9.97. The van der Waals surface area contributed by atoms with Crippen molar-refractivity contribution in [3.8, 4) is 0 Å². The molecule has 1 aromatic rings. The van der Waals surface area contributed by atoms with Crippen LogP contribution in [0.5, 0.6) is 0 Å². The SMILES string of the molecule is CCc1c[nH]c(=S)n1C1CCOCC1. The molecule has 0 radical (unpaired) electrons. The number of ether oxygens (including phenoxy) is 1. The van der Waals surface area contributed by atoms with Gasteiger partial charge in [0.2, 0.25) is 0 Å². The standard InChI is InChI=1S/C10H16N2OS/c1-2-8-7-11-10(14)12(8)9-3-5-13-6-4-9/h7,9H,2-6H2,1H3,(H,11,14). The molecule has 78 valence electrons. The van der Waals surface area contributed by atoms with Gasteiger partial charge in [-0.15, -0.1) is 0 Å². The lowest BCUT2D eigenvalue weighted by Gasteiger charge is -2.24. The van der Waals surface area contributed by atoms with Gasteiger partial charge in [-0.05, 0) is 31.5 Å². The predicted octanol–water partition coefficient (Wildman–Crippen LogP) is 2.46. The Morgan fingerprint density at radius 1 is 1.57 bits per heavy atom. The lowest BCUT2D eigenvalue weighted by molar-refractivity contribution is 0.0686. The van der Waals surface area contributed by atoms with Crippen molar-refractivity contribution in [2.75, 3.05) is 13.2 Å². The first-order valence-electron chi connectivity index (χ1n) is 5.19. The van der Waals surface area contributed by atoms with E-state index in [-0.39, 0.29) is 0 Å². The number of aromatic nitrogens is 2. The van der Waals surface area contributed by atoms with Gasteiger partial charge < -0.3 is 14.3 Å². The molecule has 1 aliphatic rings. The number of hydrogen-bond donors (Lipinski definition) is 1. The topological polar surface area (TPSA) is 29.9 Å². The van der Waals surface area contributed by atoms with Gasteiger partial charge in [0.15, 0.2) is 4.77 Å². The molecule has 4 heteroatoms. The molecule has 0 saturated carbocycles. The van der Waals surface area contributed by atoms with Gasteiger partial charge >= 0.3 is 0 Å². The van der Waals surface area contributed by atoms with E-state index in [4.69, 9.17) is 17.0 Å². The van der Waals surface area contributed by atoms with Gasteiger partial charge in [-0.25, -0.2) is 0 Å². The van der Waals surface area contributed by atoms with E-state index >= 15 is 0 Å². The zero-order valence-electron chi connectivity index (χ0n) is 8.45. The maximum absolute atomic E-state index is 5.35. The van der Waals surface area contributed by atoms with Crippen LogP contribution < -0.4 is 0 Å². The van der Waals surface area contributed by atoms with Crippen molar-refractivity contribution < 1.29 is 4.74 Å². The molecule has 1 aliphatic heterocycles. The number of rotatable bonds is 2. The number of hydrogen-bond acceptors (Lipinski definition) is 2. The number of aromatic amines is 1. The Morgan fingerprint density at radius 2 is 2.29 bits per heavy atom. The highest BCUT2D eigenvalue weighted by Gasteiger charge is 2.18. The number of aryl methyl sites for hydroxylation is 1. The maximum Gasteiger partial charge on any atom is 0.177 e. The summed E-state index contributed by atoms with van der Waals surface area (Å²) >= 11 is 5.29. The fraction of sp³-hybridized carbons (Fsp3) is 0.700. The molecule has 0 aromatic carbocycles. The van der Waals surface area contributed by atoms with Gasteiger partial charge in [-0.2, -0.15) is 0 Å².